The van der Waals surface area contributed by atoms with E-state index in [1.54, 1.807) is 38.1 Å². The van der Waals surface area contributed by atoms with E-state index < -0.39 is 10.0 Å². The fraction of sp³-hybridized carbons (Fsp3) is 0.333. The number of sulfonamides is 1. The van der Waals surface area contributed by atoms with Crippen molar-refractivity contribution < 1.29 is 17.3 Å². The van der Waals surface area contributed by atoms with E-state index in [0.29, 0.717) is 53.3 Å². The Balaban J connectivity index is 1.54. The molecule has 3 heterocycles. The van der Waals surface area contributed by atoms with Crippen molar-refractivity contribution in [1.29, 1.82) is 0 Å². The maximum atomic E-state index is 14.0. The zero-order valence-electron chi connectivity index (χ0n) is 15.4. The molecule has 2 aromatic heterocycles. The normalized spacial score (nSPS) is 15.9. The number of aryl methyl sites for hydroxylation is 2. The summed E-state index contributed by atoms with van der Waals surface area (Å²) in [6.07, 6.45) is 0. The van der Waals surface area contributed by atoms with E-state index in [2.05, 4.69) is 10.1 Å². The van der Waals surface area contributed by atoms with Crippen molar-refractivity contribution in [2.24, 2.45) is 0 Å². The topological polar surface area (TPSA) is 79.5 Å². The van der Waals surface area contributed by atoms with Crippen LogP contribution in [0.15, 0.2) is 39.8 Å². The molecule has 1 aromatic carbocycles. The van der Waals surface area contributed by atoms with Crippen LogP contribution < -0.4 is 4.90 Å². The molecule has 1 fully saturated rings. The lowest BCUT2D eigenvalue weighted by molar-refractivity contribution is 0.383. The van der Waals surface area contributed by atoms with Crippen LogP contribution in [0.2, 0.25) is 0 Å². The average molecular weight is 423 g/mol. The van der Waals surface area contributed by atoms with E-state index in [9.17, 15) is 12.8 Å². The molecular weight excluding hydrogens is 403 g/mol. The second kappa shape index (κ2) is 7.26. The van der Waals surface area contributed by atoms with Crippen LogP contribution in [0.3, 0.4) is 0 Å². The van der Waals surface area contributed by atoms with Crippen LogP contribution in [0.25, 0.3) is 10.7 Å². The van der Waals surface area contributed by atoms with Crippen LogP contribution >= 0.6 is 11.3 Å². The molecule has 0 unspecified atom stereocenters. The summed E-state index contributed by atoms with van der Waals surface area (Å²) < 4.78 is 46.7. The van der Waals surface area contributed by atoms with Crippen LogP contribution in [-0.4, -0.2) is 49.0 Å². The summed E-state index contributed by atoms with van der Waals surface area (Å²) in [5.41, 5.74) is 0.501. The molecule has 148 valence electrons. The van der Waals surface area contributed by atoms with Gasteiger partial charge in [-0.15, -0.1) is 11.3 Å². The molecule has 0 atom stereocenters. The quantitative estimate of drug-likeness (QED) is 0.643. The van der Waals surface area contributed by atoms with Gasteiger partial charge in [0, 0.05) is 38.0 Å². The number of benzene rings is 1. The Kier molecular flexibility index (Phi) is 4.94. The van der Waals surface area contributed by atoms with Crippen LogP contribution in [0.4, 0.5) is 10.1 Å². The Bertz CT molecular complexity index is 1100. The fourth-order valence-corrected chi connectivity index (χ4v) is 6.16. The van der Waals surface area contributed by atoms with Crippen molar-refractivity contribution in [1.82, 2.24) is 14.4 Å². The van der Waals surface area contributed by atoms with Crippen LogP contribution in [0.1, 0.15) is 10.8 Å². The molecule has 0 amide bonds. The summed E-state index contributed by atoms with van der Waals surface area (Å²) in [4.78, 5) is 7.62. The smallest absolute Gasteiger partial charge is 0.244 e. The number of rotatable bonds is 4. The third kappa shape index (κ3) is 3.43. The molecule has 0 radical (unpaired) electrons. The first-order valence-corrected chi connectivity index (χ1v) is 11.0. The molecule has 4 rings (SSSR count). The van der Waals surface area contributed by atoms with Gasteiger partial charge in [0.05, 0.1) is 15.5 Å². The minimum Gasteiger partial charge on any atom is -0.367 e. The standard InChI is InChI=1S/C18H19FN4O3S2/c1-12-17(11-16(27-12)18-20-13(2)26-21-18)28(24,25)23-9-7-22(8-10-23)15-6-4-3-5-14(15)19/h3-6,11H,7-10H2,1-2H3. The zero-order valence-corrected chi connectivity index (χ0v) is 17.1. The largest absolute Gasteiger partial charge is 0.367 e. The van der Waals surface area contributed by atoms with E-state index in [0.717, 1.165) is 0 Å². The molecule has 1 aliphatic heterocycles. The number of piperazine rings is 1. The lowest BCUT2D eigenvalue weighted by Crippen LogP contribution is -2.48. The van der Waals surface area contributed by atoms with Gasteiger partial charge in [-0.2, -0.15) is 9.29 Å². The summed E-state index contributed by atoms with van der Waals surface area (Å²) in [5, 5.41) is 3.86. The Morgan fingerprint density at radius 1 is 1.14 bits per heavy atom. The monoisotopic (exact) mass is 422 g/mol. The summed E-state index contributed by atoms with van der Waals surface area (Å²) in [6, 6.07) is 8.14. The molecule has 0 N–H and O–H groups in total. The van der Waals surface area contributed by atoms with Gasteiger partial charge in [-0.3, -0.25) is 0 Å². The van der Waals surface area contributed by atoms with Crippen molar-refractivity contribution in [3.05, 3.63) is 46.9 Å². The van der Waals surface area contributed by atoms with Gasteiger partial charge in [0.25, 0.3) is 0 Å². The predicted octanol–water partition coefficient (Wildman–Crippen LogP) is 3.06. The van der Waals surface area contributed by atoms with Crippen molar-refractivity contribution in [3.63, 3.8) is 0 Å². The lowest BCUT2D eigenvalue weighted by Gasteiger charge is -2.35. The minimum absolute atomic E-state index is 0.259. The van der Waals surface area contributed by atoms with Gasteiger partial charge < -0.3 is 9.42 Å². The number of hydrogen-bond donors (Lipinski definition) is 0. The first-order valence-electron chi connectivity index (χ1n) is 8.77. The summed E-state index contributed by atoms with van der Waals surface area (Å²) in [5.74, 6) is 0.513. The highest BCUT2D eigenvalue weighted by Crippen LogP contribution is 2.34. The Morgan fingerprint density at radius 3 is 2.50 bits per heavy atom. The van der Waals surface area contributed by atoms with E-state index in [1.165, 1.54) is 21.7 Å². The molecule has 0 spiro atoms. The SMILES string of the molecule is Cc1nc(-c2cc(S(=O)(=O)N3CCN(c4ccccc4F)CC3)c(C)s2)no1. The van der Waals surface area contributed by atoms with Crippen LogP contribution in [0.5, 0.6) is 0 Å². The number of halogens is 1. The van der Waals surface area contributed by atoms with Crippen molar-refractivity contribution in [2.75, 3.05) is 31.1 Å². The molecule has 7 nitrogen and oxygen atoms in total. The van der Waals surface area contributed by atoms with E-state index in [4.69, 9.17) is 4.52 Å². The number of hydrogen-bond acceptors (Lipinski definition) is 7. The van der Waals surface area contributed by atoms with E-state index in [1.807, 2.05) is 4.90 Å². The number of anilines is 1. The Labute approximate surface area is 166 Å². The highest BCUT2D eigenvalue weighted by molar-refractivity contribution is 7.89. The molecule has 0 bridgehead atoms. The van der Waals surface area contributed by atoms with Gasteiger partial charge in [0.2, 0.25) is 21.7 Å². The maximum Gasteiger partial charge on any atom is 0.244 e. The summed E-state index contributed by atoms with van der Waals surface area (Å²) >= 11 is 1.32. The first kappa shape index (κ1) is 19.0. The molecule has 10 heteroatoms. The second-order valence-electron chi connectivity index (χ2n) is 6.51. The average Bonchev–Trinajstić information content (AvgIpc) is 3.28. The van der Waals surface area contributed by atoms with Crippen LogP contribution in [0, 0.1) is 19.7 Å². The van der Waals surface area contributed by atoms with Crippen molar-refractivity contribution in [2.45, 2.75) is 18.7 Å². The predicted molar refractivity (Wildman–Crippen MR) is 104 cm³/mol. The summed E-state index contributed by atoms with van der Waals surface area (Å²) in [6.45, 7) is 4.90. The van der Waals surface area contributed by atoms with Gasteiger partial charge in [0.1, 0.15) is 5.82 Å². The van der Waals surface area contributed by atoms with E-state index >= 15 is 0 Å². The van der Waals surface area contributed by atoms with E-state index in [-0.39, 0.29) is 10.7 Å². The third-order valence-corrected chi connectivity index (χ3v) is 7.87. The van der Waals surface area contributed by atoms with Gasteiger partial charge in [-0.05, 0) is 25.1 Å². The molecular formula is C18H19FN4O3S2. The Morgan fingerprint density at radius 2 is 1.86 bits per heavy atom. The molecule has 1 aliphatic rings. The second-order valence-corrected chi connectivity index (χ2v) is 9.67. The molecule has 3 aromatic rings. The lowest BCUT2D eigenvalue weighted by atomic mass is 10.2. The number of para-hydroxylation sites is 1. The number of aromatic nitrogens is 2. The third-order valence-electron chi connectivity index (χ3n) is 4.67. The van der Waals surface area contributed by atoms with Gasteiger partial charge >= 0.3 is 0 Å². The Hall–Kier alpha value is -2.30. The first-order chi connectivity index (χ1) is 13.4. The minimum atomic E-state index is -3.65. The fourth-order valence-electron chi connectivity index (χ4n) is 3.25. The molecule has 1 saturated heterocycles. The number of nitrogens with zero attached hydrogens (tertiary/aromatic N) is 4. The highest BCUT2D eigenvalue weighted by Gasteiger charge is 2.32. The van der Waals surface area contributed by atoms with Crippen molar-refractivity contribution in [3.8, 4) is 10.7 Å². The molecule has 0 saturated carbocycles. The summed E-state index contributed by atoms with van der Waals surface area (Å²) in [7, 11) is -3.65. The van der Waals surface area contributed by atoms with Gasteiger partial charge in [0.15, 0.2) is 0 Å². The van der Waals surface area contributed by atoms with Gasteiger partial charge in [-0.1, -0.05) is 17.3 Å². The molecule has 28 heavy (non-hydrogen) atoms. The van der Waals surface area contributed by atoms with Crippen molar-refractivity contribution >= 4 is 27.0 Å². The maximum absolute atomic E-state index is 14.0. The van der Waals surface area contributed by atoms with Gasteiger partial charge in [-0.25, -0.2) is 12.8 Å². The van der Waals surface area contributed by atoms with Crippen LogP contribution in [-0.2, 0) is 10.0 Å². The zero-order chi connectivity index (χ0) is 19.9. The molecule has 0 aliphatic carbocycles. The number of thiophene rings is 1. The highest BCUT2D eigenvalue weighted by atomic mass is 32.2.